The summed E-state index contributed by atoms with van der Waals surface area (Å²) < 4.78 is 3.80. The normalized spacial score (nSPS) is 10.6. The van der Waals surface area contributed by atoms with Crippen LogP contribution in [0.4, 0.5) is 11.6 Å². The molecule has 166 valence electrons. The molecule has 3 aromatic heterocycles. The summed E-state index contributed by atoms with van der Waals surface area (Å²) in [4.78, 5) is 4.59. The SMILES string of the molecule is N#Cc1ccc(NCc2nncn2-c2ccccc2)nc1NCc1nncn1-c1ccccc1. The van der Waals surface area contributed by atoms with Crippen LogP contribution in [-0.2, 0) is 13.1 Å². The average Bonchev–Trinajstić information content (AvgIpc) is 3.57. The summed E-state index contributed by atoms with van der Waals surface area (Å²) >= 11 is 0. The lowest BCUT2D eigenvalue weighted by Crippen LogP contribution is -2.11. The molecule has 0 saturated heterocycles. The van der Waals surface area contributed by atoms with Gasteiger partial charge in [0, 0.05) is 11.4 Å². The number of hydrogen-bond acceptors (Lipinski definition) is 8. The summed E-state index contributed by atoms with van der Waals surface area (Å²) in [6.45, 7) is 0.762. The summed E-state index contributed by atoms with van der Waals surface area (Å²) in [5, 5.41) is 32.5. The highest BCUT2D eigenvalue weighted by molar-refractivity contribution is 5.56. The lowest BCUT2D eigenvalue weighted by atomic mass is 10.2. The van der Waals surface area contributed by atoms with Crippen molar-refractivity contribution in [3.05, 3.63) is 103 Å². The van der Waals surface area contributed by atoms with Gasteiger partial charge in [-0.2, -0.15) is 5.26 Å². The molecule has 0 aliphatic rings. The van der Waals surface area contributed by atoms with E-state index in [1.165, 1.54) is 0 Å². The fourth-order valence-corrected chi connectivity index (χ4v) is 3.48. The van der Waals surface area contributed by atoms with Gasteiger partial charge in [0.1, 0.15) is 30.4 Å². The number of hydrogen-bond donors (Lipinski definition) is 2. The number of nitrogens with one attached hydrogen (secondary N) is 2. The molecule has 0 radical (unpaired) electrons. The first-order valence-electron chi connectivity index (χ1n) is 10.6. The third kappa shape index (κ3) is 4.44. The molecule has 0 atom stereocenters. The number of nitrogens with zero attached hydrogens (tertiary/aromatic N) is 8. The Bertz CT molecular complexity index is 1420. The van der Waals surface area contributed by atoms with Crippen molar-refractivity contribution in [1.29, 1.82) is 5.26 Å². The zero-order valence-electron chi connectivity index (χ0n) is 18.1. The third-order valence-corrected chi connectivity index (χ3v) is 5.16. The number of benzene rings is 2. The highest BCUT2D eigenvalue weighted by Crippen LogP contribution is 2.18. The topological polar surface area (TPSA) is 122 Å². The third-order valence-electron chi connectivity index (χ3n) is 5.16. The Balaban J connectivity index is 1.31. The molecule has 0 bridgehead atoms. The number of nitriles is 1. The van der Waals surface area contributed by atoms with Gasteiger partial charge in [-0.25, -0.2) is 4.98 Å². The minimum Gasteiger partial charge on any atom is -0.363 e. The fourth-order valence-electron chi connectivity index (χ4n) is 3.48. The molecule has 0 amide bonds. The molecule has 10 heteroatoms. The Hall–Kier alpha value is -5.04. The molecule has 2 N–H and O–H groups in total. The van der Waals surface area contributed by atoms with E-state index in [0.717, 1.165) is 17.2 Å². The smallest absolute Gasteiger partial charge is 0.156 e. The summed E-state index contributed by atoms with van der Waals surface area (Å²) in [5.41, 5.74) is 2.36. The molecular weight excluding hydrogens is 428 g/mol. The summed E-state index contributed by atoms with van der Waals surface area (Å²) in [6, 6.07) is 25.3. The van der Waals surface area contributed by atoms with Gasteiger partial charge in [0.05, 0.1) is 18.7 Å². The van der Waals surface area contributed by atoms with Gasteiger partial charge in [-0.1, -0.05) is 36.4 Å². The van der Waals surface area contributed by atoms with Crippen LogP contribution >= 0.6 is 0 Å². The van der Waals surface area contributed by atoms with Crippen molar-refractivity contribution in [2.45, 2.75) is 13.1 Å². The molecule has 0 saturated carbocycles. The van der Waals surface area contributed by atoms with Gasteiger partial charge >= 0.3 is 0 Å². The van der Waals surface area contributed by atoms with Crippen molar-refractivity contribution in [3.8, 4) is 17.4 Å². The van der Waals surface area contributed by atoms with E-state index in [-0.39, 0.29) is 0 Å². The molecule has 0 aliphatic heterocycles. The average molecular weight is 448 g/mol. The molecule has 10 nitrogen and oxygen atoms in total. The molecule has 2 aromatic carbocycles. The Morgan fingerprint density at radius 2 is 1.26 bits per heavy atom. The van der Waals surface area contributed by atoms with Crippen LogP contribution in [0.15, 0.2) is 85.5 Å². The molecule has 5 aromatic rings. The van der Waals surface area contributed by atoms with Crippen LogP contribution in [-0.4, -0.2) is 34.5 Å². The summed E-state index contributed by atoms with van der Waals surface area (Å²) in [5.74, 6) is 2.50. The second-order valence-corrected chi connectivity index (χ2v) is 7.32. The predicted molar refractivity (Wildman–Crippen MR) is 126 cm³/mol. The van der Waals surface area contributed by atoms with E-state index >= 15 is 0 Å². The standard InChI is InChI=1S/C24H20N10/c25-13-18-11-12-21(26-14-22-31-28-16-33(22)19-7-3-1-4-8-19)30-24(18)27-15-23-32-29-17-34(23)20-9-5-2-6-10-20/h1-12,16-17H,14-15H2,(H2,26,27,30). The number of para-hydroxylation sites is 2. The van der Waals surface area contributed by atoms with Crippen LogP contribution in [0.2, 0.25) is 0 Å². The van der Waals surface area contributed by atoms with Gasteiger partial charge < -0.3 is 10.6 Å². The zero-order valence-corrected chi connectivity index (χ0v) is 18.1. The van der Waals surface area contributed by atoms with E-state index < -0.39 is 0 Å². The highest BCUT2D eigenvalue weighted by atomic mass is 15.3. The minimum atomic E-state index is 0.350. The number of rotatable bonds is 8. The Kier molecular flexibility index (Phi) is 5.90. The summed E-state index contributed by atoms with van der Waals surface area (Å²) in [7, 11) is 0. The van der Waals surface area contributed by atoms with Gasteiger partial charge in [-0.05, 0) is 36.4 Å². The van der Waals surface area contributed by atoms with Crippen molar-refractivity contribution in [2.24, 2.45) is 0 Å². The van der Waals surface area contributed by atoms with Crippen molar-refractivity contribution in [3.63, 3.8) is 0 Å². The van der Waals surface area contributed by atoms with E-state index in [9.17, 15) is 5.26 Å². The molecular formula is C24H20N10. The zero-order chi connectivity index (χ0) is 23.2. The van der Waals surface area contributed by atoms with E-state index in [2.05, 4.69) is 42.1 Å². The minimum absolute atomic E-state index is 0.350. The predicted octanol–water partition coefficient (Wildman–Crippen LogP) is 3.34. The molecule has 0 unspecified atom stereocenters. The fraction of sp³-hybridized carbons (Fsp3) is 0.0833. The second kappa shape index (κ2) is 9.62. The maximum atomic E-state index is 9.54. The molecule has 0 aliphatic carbocycles. The summed E-state index contributed by atoms with van der Waals surface area (Å²) in [6.07, 6.45) is 3.33. The van der Waals surface area contributed by atoms with Crippen molar-refractivity contribution in [1.82, 2.24) is 34.5 Å². The second-order valence-electron chi connectivity index (χ2n) is 7.32. The van der Waals surface area contributed by atoms with Crippen LogP contribution < -0.4 is 10.6 Å². The maximum Gasteiger partial charge on any atom is 0.156 e. The first kappa shape index (κ1) is 20.8. The van der Waals surface area contributed by atoms with E-state index in [1.54, 1.807) is 24.8 Å². The Labute approximate surface area is 195 Å². The lowest BCUT2D eigenvalue weighted by molar-refractivity contribution is 0.879. The van der Waals surface area contributed by atoms with Gasteiger partial charge in [0.15, 0.2) is 11.6 Å². The van der Waals surface area contributed by atoms with Crippen LogP contribution in [0, 0.1) is 11.3 Å². The van der Waals surface area contributed by atoms with Gasteiger partial charge in [-0.3, -0.25) is 9.13 Å². The van der Waals surface area contributed by atoms with Gasteiger partial charge in [-0.15, -0.1) is 20.4 Å². The first-order chi connectivity index (χ1) is 16.8. The van der Waals surface area contributed by atoms with Crippen LogP contribution in [0.5, 0.6) is 0 Å². The maximum absolute atomic E-state index is 9.54. The molecule has 3 heterocycles. The Morgan fingerprint density at radius 1 is 0.706 bits per heavy atom. The largest absolute Gasteiger partial charge is 0.363 e. The van der Waals surface area contributed by atoms with Crippen LogP contribution in [0.1, 0.15) is 17.2 Å². The number of aromatic nitrogens is 7. The quantitative estimate of drug-likeness (QED) is 0.371. The highest BCUT2D eigenvalue weighted by Gasteiger charge is 2.11. The molecule has 5 rings (SSSR count). The lowest BCUT2D eigenvalue weighted by Gasteiger charge is -2.12. The number of anilines is 2. The van der Waals surface area contributed by atoms with E-state index in [1.807, 2.05) is 69.8 Å². The monoisotopic (exact) mass is 448 g/mol. The van der Waals surface area contributed by atoms with Crippen LogP contribution in [0.25, 0.3) is 11.4 Å². The first-order valence-corrected chi connectivity index (χ1v) is 10.6. The van der Waals surface area contributed by atoms with Crippen molar-refractivity contribution >= 4 is 11.6 Å². The molecule has 0 fully saturated rings. The van der Waals surface area contributed by atoms with E-state index in [0.29, 0.717) is 36.1 Å². The Morgan fingerprint density at radius 3 is 1.82 bits per heavy atom. The van der Waals surface area contributed by atoms with Gasteiger partial charge in [0.2, 0.25) is 0 Å². The van der Waals surface area contributed by atoms with E-state index in [4.69, 9.17) is 0 Å². The van der Waals surface area contributed by atoms with Crippen molar-refractivity contribution < 1.29 is 0 Å². The molecule has 34 heavy (non-hydrogen) atoms. The van der Waals surface area contributed by atoms with Crippen LogP contribution in [0.3, 0.4) is 0 Å². The van der Waals surface area contributed by atoms with Crippen molar-refractivity contribution in [2.75, 3.05) is 10.6 Å². The number of pyridine rings is 1. The molecule has 0 spiro atoms. The van der Waals surface area contributed by atoms with Gasteiger partial charge in [0.25, 0.3) is 0 Å².